The molecule has 0 spiro atoms. The standard InChI is InChI=1S/C22H21N5O2/c1-24-22(29)20-21(23)26-12-18(27-20)14-6-4-5-13(9-14)11-25-17-10-19(28)16-8-3-2-7-15(16)17/h2-9,12,17,25H,10-11H2,1H3,(H2,23,26)(H,24,29). The second-order valence-corrected chi connectivity index (χ2v) is 6.92. The van der Waals surface area contributed by atoms with E-state index in [0.717, 1.165) is 22.3 Å². The minimum Gasteiger partial charge on any atom is -0.382 e. The second-order valence-electron chi connectivity index (χ2n) is 6.92. The fourth-order valence-electron chi connectivity index (χ4n) is 3.55. The van der Waals surface area contributed by atoms with E-state index < -0.39 is 0 Å². The summed E-state index contributed by atoms with van der Waals surface area (Å²) in [6.07, 6.45) is 2.03. The predicted octanol–water partition coefficient (Wildman–Crippen LogP) is 2.50. The highest BCUT2D eigenvalue weighted by atomic mass is 16.1. The van der Waals surface area contributed by atoms with E-state index in [9.17, 15) is 9.59 Å². The van der Waals surface area contributed by atoms with Gasteiger partial charge in [-0.2, -0.15) is 0 Å². The third-order valence-electron chi connectivity index (χ3n) is 5.04. The van der Waals surface area contributed by atoms with Crippen molar-refractivity contribution >= 4 is 17.5 Å². The number of fused-ring (bicyclic) bond motifs is 1. The molecule has 2 aromatic carbocycles. The summed E-state index contributed by atoms with van der Waals surface area (Å²) in [6, 6.07) is 15.6. The molecule has 29 heavy (non-hydrogen) atoms. The van der Waals surface area contributed by atoms with E-state index in [4.69, 9.17) is 5.73 Å². The monoisotopic (exact) mass is 387 g/mol. The molecule has 4 rings (SSSR count). The molecule has 0 bridgehead atoms. The zero-order valence-electron chi connectivity index (χ0n) is 16.0. The van der Waals surface area contributed by atoms with Gasteiger partial charge in [0.05, 0.1) is 11.9 Å². The Morgan fingerprint density at radius 2 is 2.03 bits per heavy atom. The maximum atomic E-state index is 12.2. The molecule has 146 valence electrons. The molecular weight excluding hydrogens is 366 g/mol. The highest BCUT2D eigenvalue weighted by Gasteiger charge is 2.28. The van der Waals surface area contributed by atoms with Crippen LogP contribution in [0, 0.1) is 0 Å². The van der Waals surface area contributed by atoms with Gasteiger partial charge in [-0.1, -0.05) is 42.5 Å². The Morgan fingerprint density at radius 3 is 2.86 bits per heavy atom. The van der Waals surface area contributed by atoms with Gasteiger partial charge in [0.15, 0.2) is 17.3 Å². The maximum absolute atomic E-state index is 12.2. The van der Waals surface area contributed by atoms with Gasteiger partial charge in [-0.25, -0.2) is 9.97 Å². The molecule has 0 radical (unpaired) electrons. The van der Waals surface area contributed by atoms with Gasteiger partial charge >= 0.3 is 0 Å². The average Bonchev–Trinajstić information content (AvgIpc) is 3.08. The van der Waals surface area contributed by atoms with E-state index >= 15 is 0 Å². The predicted molar refractivity (Wildman–Crippen MR) is 110 cm³/mol. The number of hydrogen-bond acceptors (Lipinski definition) is 6. The van der Waals surface area contributed by atoms with Gasteiger partial charge in [0.1, 0.15) is 0 Å². The minimum atomic E-state index is -0.376. The first kappa shape index (κ1) is 18.8. The Balaban J connectivity index is 1.53. The molecule has 1 heterocycles. The molecule has 0 saturated carbocycles. The van der Waals surface area contributed by atoms with Crippen LogP contribution in [0.3, 0.4) is 0 Å². The van der Waals surface area contributed by atoms with E-state index in [1.54, 1.807) is 6.20 Å². The van der Waals surface area contributed by atoms with E-state index in [-0.39, 0.29) is 29.2 Å². The summed E-state index contributed by atoms with van der Waals surface area (Å²) in [5, 5.41) is 5.99. The van der Waals surface area contributed by atoms with Crippen LogP contribution >= 0.6 is 0 Å². The number of nitrogens with two attached hydrogens (primary N) is 1. The van der Waals surface area contributed by atoms with Crippen LogP contribution in [0.1, 0.15) is 44.4 Å². The summed E-state index contributed by atoms with van der Waals surface area (Å²) in [6.45, 7) is 0.602. The number of aromatic nitrogens is 2. The van der Waals surface area contributed by atoms with Crippen LogP contribution in [0.5, 0.6) is 0 Å². The zero-order chi connectivity index (χ0) is 20.4. The van der Waals surface area contributed by atoms with E-state index in [1.807, 2.05) is 48.5 Å². The lowest BCUT2D eigenvalue weighted by Gasteiger charge is -2.14. The van der Waals surface area contributed by atoms with Crippen LogP contribution in [0.15, 0.2) is 54.7 Å². The van der Waals surface area contributed by atoms with Crippen LogP contribution in [-0.2, 0) is 6.54 Å². The number of nitrogen functional groups attached to an aromatic ring is 1. The molecular formula is C22H21N5O2. The SMILES string of the molecule is CNC(=O)c1nc(-c2cccc(CNC3CC(=O)c4ccccc43)c2)cnc1N. The molecule has 1 aromatic heterocycles. The summed E-state index contributed by atoms with van der Waals surface area (Å²) in [7, 11) is 1.52. The quantitative estimate of drug-likeness (QED) is 0.620. The van der Waals surface area contributed by atoms with Crippen molar-refractivity contribution in [3.63, 3.8) is 0 Å². The van der Waals surface area contributed by atoms with Gasteiger partial charge in [-0.3, -0.25) is 9.59 Å². The summed E-state index contributed by atoms with van der Waals surface area (Å²) < 4.78 is 0. The molecule has 1 aliphatic carbocycles. The Labute approximate surface area is 168 Å². The molecule has 0 fully saturated rings. The lowest BCUT2D eigenvalue weighted by molar-refractivity contribution is 0.0956. The van der Waals surface area contributed by atoms with Gasteiger partial charge < -0.3 is 16.4 Å². The summed E-state index contributed by atoms with van der Waals surface area (Å²) in [4.78, 5) is 32.6. The third kappa shape index (κ3) is 3.72. The average molecular weight is 387 g/mol. The largest absolute Gasteiger partial charge is 0.382 e. The van der Waals surface area contributed by atoms with Crippen molar-refractivity contribution in [3.05, 3.63) is 77.1 Å². The Bertz CT molecular complexity index is 1100. The first-order valence-electron chi connectivity index (χ1n) is 9.36. The number of carbonyl (C=O) groups is 2. The number of amides is 1. The lowest BCUT2D eigenvalue weighted by atomic mass is 10.1. The topological polar surface area (TPSA) is 110 Å². The van der Waals surface area contributed by atoms with Crippen molar-refractivity contribution in [1.29, 1.82) is 0 Å². The molecule has 0 aliphatic heterocycles. The minimum absolute atomic E-state index is 0.0125. The van der Waals surface area contributed by atoms with E-state index in [2.05, 4.69) is 20.6 Å². The molecule has 1 amide bonds. The van der Waals surface area contributed by atoms with Crippen molar-refractivity contribution in [3.8, 4) is 11.3 Å². The Morgan fingerprint density at radius 1 is 1.21 bits per heavy atom. The Kier molecular flexibility index (Phi) is 5.05. The normalized spacial score (nSPS) is 15.2. The van der Waals surface area contributed by atoms with Crippen molar-refractivity contribution in [1.82, 2.24) is 20.6 Å². The number of nitrogens with one attached hydrogen (secondary N) is 2. The highest BCUT2D eigenvalue weighted by molar-refractivity contribution is 6.01. The van der Waals surface area contributed by atoms with Crippen molar-refractivity contribution in [2.45, 2.75) is 19.0 Å². The highest BCUT2D eigenvalue weighted by Crippen LogP contribution is 2.31. The van der Waals surface area contributed by atoms with Crippen LogP contribution in [-0.4, -0.2) is 28.7 Å². The molecule has 1 unspecified atom stereocenters. The van der Waals surface area contributed by atoms with E-state index in [0.29, 0.717) is 18.7 Å². The number of carbonyl (C=O) groups excluding carboxylic acids is 2. The first-order chi connectivity index (χ1) is 14.1. The van der Waals surface area contributed by atoms with Crippen LogP contribution in [0.25, 0.3) is 11.3 Å². The number of rotatable bonds is 5. The number of Topliss-reactive ketones (excluding diaryl/α,β-unsaturated/α-hetero) is 1. The number of nitrogens with zero attached hydrogens (tertiary/aromatic N) is 2. The number of anilines is 1. The van der Waals surface area contributed by atoms with Gasteiger partial charge in [-0.15, -0.1) is 0 Å². The van der Waals surface area contributed by atoms with Gasteiger partial charge in [0, 0.05) is 37.2 Å². The summed E-state index contributed by atoms with van der Waals surface area (Å²) >= 11 is 0. The van der Waals surface area contributed by atoms with Crippen molar-refractivity contribution in [2.24, 2.45) is 0 Å². The third-order valence-corrected chi connectivity index (χ3v) is 5.04. The summed E-state index contributed by atoms with van der Waals surface area (Å²) in [5.74, 6) is -0.111. The van der Waals surface area contributed by atoms with Crippen LogP contribution < -0.4 is 16.4 Å². The zero-order valence-corrected chi connectivity index (χ0v) is 16.0. The van der Waals surface area contributed by atoms with Crippen molar-refractivity contribution < 1.29 is 9.59 Å². The Hall–Kier alpha value is -3.58. The number of benzene rings is 2. The van der Waals surface area contributed by atoms with Gasteiger partial charge in [0.25, 0.3) is 5.91 Å². The van der Waals surface area contributed by atoms with Gasteiger partial charge in [0.2, 0.25) is 0 Å². The molecule has 3 aromatic rings. The molecule has 1 atom stereocenters. The van der Waals surface area contributed by atoms with Crippen LogP contribution in [0.4, 0.5) is 5.82 Å². The number of hydrogen-bond donors (Lipinski definition) is 3. The molecule has 7 nitrogen and oxygen atoms in total. The van der Waals surface area contributed by atoms with E-state index in [1.165, 1.54) is 7.05 Å². The molecule has 4 N–H and O–H groups in total. The molecule has 7 heteroatoms. The van der Waals surface area contributed by atoms with Crippen LogP contribution in [0.2, 0.25) is 0 Å². The molecule has 1 aliphatic rings. The second kappa shape index (κ2) is 7.81. The molecule has 0 saturated heterocycles. The fourth-order valence-corrected chi connectivity index (χ4v) is 3.55. The summed E-state index contributed by atoms with van der Waals surface area (Å²) in [5.41, 5.74) is 10.2. The van der Waals surface area contributed by atoms with Crippen molar-refractivity contribution in [2.75, 3.05) is 12.8 Å². The number of ketones is 1. The maximum Gasteiger partial charge on any atom is 0.273 e. The fraction of sp³-hybridized carbons (Fsp3) is 0.182. The van der Waals surface area contributed by atoms with Gasteiger partial charge in [-0.05, 0) is 17.2 Å². The smallest absolute Gasteiger partial charge is 0.273 e. The lowest BCUT2D eigenvalue weighted by Crippen LogP contribution is -2.21. The first-order valence-corrected chi connectivity index (χ1v) is 9.36.